The van der Waals surface area contributed by atoms with E-state index in [4.69, 9.17) is 9.84 Å². The van der Waals surface area contributed by atoms with E-state index in [2.05, 4.69) is 31.2 Å². The molecule has 0 aliphatic carbocycles. The Balaban J connectivity index is 1.73. The van der Waals surface area contributed by atoms with Crippen molar-refractivity contribution in [2.45, 2.75) is 24.3 Å². The Kier molecular flexibility index (Phi) is 5.88. The number of aliphatic hydroxyl groups is 1. The molecule has 5 heteroatoms. The van der Waals surface area contributed by atoms with Gasteiger partial charge in [0.05, 0.1) is 19.3 Å². The summed E-state index contributed by atoms with van der Waals surface area (Å²) in [6.45, 7) is 3.69. The highest BCUT2D eigenvalue weighted by atomic mass is 32.2. The summed E-state index contributed by atoms with van der Waals surface area (Å²) in [4.78, 5) is 15.1. The number of benzene rings is 1. The maximum Gasteiger partial charge on any atom is 0.223 e. The molecule has 1 aliphatic heterocycles. The monoisotopic (exact) mass is 295 g/mol. The standard InChI is InChI=1S/C15H21NO3S/c1-12-2-4-14(5-3-12)20-9-6-15(18)16-7-8-19-13(10-16)11-17/h2-5,13,17H,6-11H2,1H3. The summed E-state index contributed by atoms with van der Waals surface area (Å²) in [5.74, 6) is 0.926. The fourth-order valence-corrected chi connectivity index (χ4v) is 2.95. The van der Waals surface area contributed by atoms with Gasteiger partial charge in [-0.3, -0.25) is 4.79 Å². The van der Waals surface area contributed by atoms with Crippen LogP contribution in [0.2, 0.25) is 0 Å². The molecular formula is C15H21NO3S. The highest BCUT2D eigenvalue weighted by molar-refractivity contribution is 7.99. The zero-order valence-electron chi connectivity index (χ0n) is 11.7. The summed E-state index contributed by atoms with van der Waals surface area (Å²) in [7, 11) is 0. The van der Waals surface area contributed by atoms with Gasteiger partial charge in [0, 0.05) is 30.2 Å². The molecule has 1 fully saturated rings. The number of aryl methyl sites for hydroxylation is 1. The second-order valence-electron chi connectivity index (χ2n) is 4.93. The van der Waals surface area contributed by atoms with Crippen LogP contribution in [-0.4, -0.2) is 54.1 Å². The number of rotatable bonds is 5. The first-order valence-electron chi connectivity index (χ1n) is 6.89. The molecule has 0 saturated carbocycles. The number of thioether (sulfide) groups is 1. The van der Waals surface area contributed by atoms with E-state index in [0.717, 1.165) is 5.75 Å². The second-order valence-corrected chi connectivity index (χ2v) is 6.09. The van der Waals surface area contributed by atoms with Crippen LogP contribution in [0, 0.1) is 6.92 Å². The van der Waals surface area contributed by atoms with Gasteiger partial charge in [-0.1, -0.05) is 17.7 Å². The molecule has 0 aromatic heterocycles. The third kappa shape index (κ3) is 4.51. The molecule has 1 atom stereocenters. The van der Waals surface area contributed by atoms with E-state index in [0.29, 0.717) is 26.1 Å². The van der Waals surface area contributed by atoms with Gasteiger partial charge in [-0.05, 0) is 19.1 Å². The second kappa shape index (κ2) is 7.67. The summed E-state index contributed by atoms with van der Waals surface area (Å²) >= 11 is 1.70. The normalized spacial score (nSPS) is 19.1. The molecule has 2 rings (SSSR count). The number of nitrogens with zero attached hydrogens (tertiary/aromatic N) is 1. The van der Waals surface area contributed by atoms with Crippen molar-refractivity contribution in [2.75, 3.05) is 32.1 Å². The molecular weight excluding hydrogens is 274 g/mol. The lowest BCUT2D eigenvalue weighted by atomic mass is 10.2. The number of hydrogen-bond acceptors (Lipinski definition) is 4. The van der Waals surface area contributed by atoms with Gasteiger partial charge in [0.1, 0.15) is 0 Å². The van der Waals surface area contributed by atoms with E-state index < -0.39 is 0 Å². The first-order valence-corrected chi connectivity index (χ1v) is 7.87. The maximum absolute atomic E-state index is 12.1. The SMILES string of the molecule is Cc1ccc(SCCC(=O)N2CCOC(CO)C2)cc1. The molecule has 1 aliphatic rings. The summed E-state index contributed by atoms with van der Waals surface area (Å²) in [6.07, 6.45) is 0.300. The lowest BCUT2D eigenvalue weighted by molar-refractivity contribution is -0.139. The van der Waals surface area contributed by atoms with E-state index >= 15 is 0 Å². The Morgan fingerprint density at radius 1 is 1.45 bits per heavy atom. The van der Waals surface area contributed by atoms with Crippen molar-refractivity contribution < 1.29 is 14.6 Å². The Morgan fingerprint density at radius 3 is 2.90 bits per heavy atom. The smallest absolute Gasteiger partial charge is 0.223 e. The zero-order chi connectivity index (χ0) is 14.4. The predicted molar refractivity (Wildman–Crippen MR) is 79.9 cm³/mol. The molecule has 1 aromatic rings. The largest absolute Gasteiger partial charge is 0.394 e. The first kappa shape index (κ1) is 15.4. The molecule has 110 valence electrons. The fraction of sp³-hybridized carbons (Fsp3) is 0.533. The minimum absolute atomic E-state index is 0.0259. The van der Waals surface area contributed by atoms with E-state index in [1.165, 1.54) is 10.5 Å². The van der Waals surface area contributed by atoms with Gasteiger partial charge in [0.25, 0.3) is 0 Å². The van der Waals surface area contributed by atoms with Crippen LogP contribution in [0.25, 0.3) is 0 Å². The van der Waals surface area contributed by atoms with Crippen molar-refractivity contribution in [3.63, 3.8) is 0 Å². The van der Waals surface area contributed by atoms with Crippen LogP contribution in [0.1, 0.15) is 12.0 Å². The highest BCUT2D eigenvalue weighted by Gasteiger charge is 2.23. The van der Waals surface area contributed by atoms with Crippen LogP contribution in [0.5, 0.6) is 0 Å². The van der Waals surface area contributed by atoms with Crippen molar-refractivity contribution in [3.8, 4) is 0 Å². The first-order chi connectivity index (χ1) is 9.69. The van der Waals surface area contributed by atoms with Crippen LogP contribution in [-0.2, 0) is 9.53 Å². The zero-order valence-corrected chi connectivity index (χ0v) is 12.6. The molecule has 20 heavy (non-hydrogen) atoms. The van der Waals surface area contributed by atoms with E-state index in [1.807, 2.05) is 0 Å². The van der Waals surface area contributed by atoms with Crippen molar-refractivity contribution in [2.24, 2.45) is 0 Å². The van der Waals surface area contributed by atoms with Crippen molar-refractivity contribution in [3.05, 3.63) is 29.8 Å². The van der Waals surface area contributed by atoms with Crippen molar-refractivity contribution in [1.29, 1.82) is 0 Å². The van der Waals surface area contributed by atoms with Crippen LogP contribution < -0.4 is 0 Å². The summed E-state index contributed by atoms with van der Waals surface area (Å²) < 4.78 is 5.34. The van der Waals surface area contributed by atoms with Crippen LogP contribution in [0.4, 0.5) is 0 Å². The van der Waals surface area contributed by atoms with Crippen molar-refractivity contribution in [1.82, 2.24) is 4.90 Å². The number of hydrogen-bond donors (Lipinski definition) is 1. The van der Waals surface area contributed by atoms with Crippen LogP contribution in [0.3, 0.4) is 0 Å². The third-order valence-corrected chi connectivity index (χ3v) is 4.31. The fourth-order valence-electron chi connectivity index (χ4n) is 2.11. The molecule has 4 nitrogen and oxygen atoms in total. The van der Waals surface area contributed by atoms with Gasteiger partial charge in [0.2, 0.25) is 5.91 Å². The minimum Gasteiger partial charge on any atom is -0.394 e. The number of carbonyl (C=O) groups is 1. The highest BCUT2D eigenvalue weighted by Crippen LogP contribution is 2.19. The van der Waals surface area contributed by atoms with E-state index in [9.17, 15) is 4.79 Å². The third-order valence-electron chi connectivity index (χ3n) is 3.30. The molecule has 1 heterocycles. The Labute approximate surface area is 124 Å². The lowest BCUT2D eigenvalue weighted by Crippen LogP contribution is -2.47. The van der Waals surface area contributed by atoms with E-state index in [-0.39, 0.29) is 18.6 Å². The Morgan fingerprint density at radius 2 is 2.20 bits per heavy atom. The van der Waals surface area contributed by atoms with Crippen LogP contribution >= 0.6 is 11.8 Å². The number of amides is 1. The molecule has 1 saturated heterocycles. The lowest BCUT2D eigenvalue weighted by Gasteiger charge is -2.32. The molecule has 1 unspecified atom stereocenters. The molecule has 1 amide bonds. The number of ether oxygens (including phenoxy) is 1. The Hall–Kier alpha value is -1.04. The average molecular weight is 295 g/mol. The topological polar surface area (TPSA) is 49.8 Å². The average Bonchev–Trinajstić information content (AvgIpc) is 2.49. The van der Waals surface area contributed by atoms with Gasteiger partial charge in [-0.2, -0.15) is 0 Å². The maximum atomic E-state index is 12.1. The number of aliphatic hydroxyl groups excluding tert-OH is 1. The van der Waals surface area contributed by atoms with Gasteiger partial charge in [-0.25, -0.2) is 0 Å². The Bertz CT molecular complexity index is 435. The van der Waals surface area contributed by atoms with Gasteiger partial charge in [0.15, 0.2) is 0 Å². The summed E-state index contributed by atoms with van der Waals surface area (Å²) in [6, 6.07) is 8.33. The van der Waals surface area contributed by atoms with E-state index in [1.54, 1.807) is 16.7 Å². The molecule has 1 N–H and O–H groups in total. The van der Waals surface area contributed by atoms with Gasteiger partial charge in [-0.15, -0.1) is 11.8 Å². The summed E-state index contributed by atoms with van der Waals surface area (Å²) in [5.41, 5.74) is 1.24. The number of carbonyl (C=O) groups excluding carboxylic acids is 1. The number of morpholine rings is 1. The van der Waals surface area contributed by atoms with Crippen LogP contribution in [0.15, 0.2) is 29.2 Å². The molecule has 0 bridgehead atoms. The minimum atomic E-state index is -0.225. The van der Waals surface area contributed by atoms with Crippen molar-refractivity contribution >= 4 is 17.7 Å². The quantitative estimate of drug-likeness (QED) is 0.840. The summed E-state index contributed by atoms with van der Waals surface area (Å²) in [5, 5.41) is 9.07. The molecule has 0 spiro atoms. The van der Waals surface area contributed by atoms with Gasteiger partial charge < -0.3 is 14.7 Å². The van der Waals surface area contributed by atoms with Gasteiger partial charge >= 0.3 is 0 Å². The predicted octanol–water partition coefficient (Wildman–Crippen LogP) is 1.70. The molecule has 0 radical (unpaired) electrons. The molecule has 1 aromatic carbocycles.